The van der Waals surface area contributed by atoms with Gasteiger partial charge in [0.05, 0.1) is 0 Å². The van der Waals surface area contributed by atoms with Gasteiger partial charge in [-0.3, -0.25) is 0 Å². The Labute approximate surface area is 112 Å². The fourth-order valence-corrected chi connectivity index (χ4v) is 2.24. The molecule has 0 saturated carbocycles. The van der Waals surface area contributed by atoms with Crippen molar-refractivity contribution >= 4 is 27.5 Å². The fourth-order valence-electron chi connectivity index (χ4n) is 1.55. The van der Waals surface area contributed by atoms with Crippen LogP contribution in [0.4, 0.5) is 4.39 Å². The summed E-state index contributed by atoms with van der Waals surface area (Å²) in [6.45, 7) is 0. The molecule has 4 heteroatoms. The molecule has 2 rings (SSSR count). The van der Waals surface area contributed by atoms with Crippen molar-refractivity contribution in [1.29, 1.82) is 0 Å². The monoisotopic (exact) mass is 314 g/mol. The molecule has 1 N–H and O–H groups in total. The maximum atomic E-state index is 12.9. The zero-order chi connectivity index (χ0) is 12.4. The number of aliphatic hydroxyl groups excluding tert-OH is 1. The summed E-state index contributed by atoms with van der Waals surface area (Å²) in [5.41, 5.74) is 1.33. The van der Waals surface area contributed by atoms with Crippen LogP contribution < -0.4 is 0 Å². The van der Waals surface area contributed by atoms with Gasteiger partial charge in [-0.15, -0.1) is 0 Å². The zero-order valence-corrected chi connectivity index (χ0v) is 11.0. The molecule has 0 radical (unpaired) electrons. The first-order valence-electron chi connectivity index (χ1n) is 4.96. The van der Waals surface area contributed by atoms with Crippen LogP contribution in [0.5, 0.6) is 0 Å². The van der Waals surface area contributed by atoms with Crippen molar-refractivity contribution < 1.29 is 9.50 Å². The van der Waals surface area contributed by atoms with Crippen molar-refractivity contribution in [3.8, 4) is 0 Å². The summed E-state index contributed by atoms with van der Waals surface area (Å²) < 4.78 is 13.5. The van der Waals surface area contributed by atoms with E-state index in [4.69, 9.17) is 11.6 Å². The quantitative estimate of drug-likeness (QED) is 0.875. The van der Waals surface area contributed by atoms with E-state index in [0.29, 0.717) is 20.6 Å². The molecule has 0 fully saturated rings. The SMILES string of the molecule is OC(c1ccc(Cl)cc1)c1ccc(F)cc1Br. The van der Waals surface area contributed by atoms with Crippen LogP contribution in [0.15, 0.2) is 46.9 Å². The molecule has 0 aliphatic rings. The molecule has 0 aliphatic heterocycles. The van der Waals surface area contributed by atoms with E-state index < -0.39 is 6.10 Å². The molecular weight excluding hydrogens is 306 g/mol. The highest BCUT2D eigenvalue weighted by molar-refractivity contribution is 9.10. The molecular formula is C13H9BrClFO. The van der Waals surface area contributed by atoms with Crippen molar-refractivity contribution in [2.45, 2.75) is 6.10 Å². The van der Waals surface area contributed by atoms with Gasteiger partial charge in [0.1, 0.15) is 11.9 Å². The predicted molar refractivity (Wildman–Crippen MR) is 69.6 cm³/mol. The van der Waals surface area contributed by atoms with E-state index in [1.807, 2.05) is 0 Å². The number of hydrogen-bond donors (Lipinski definition) is 1. The molecule has 17 heavy (non-hydrogen) atoms. The molecule has 88 valence electrons. The Kier molecular flexibility index (Phi) is 3.82. The van der Waals surface area contributed by atoms with Crippen LogP contribution in [0.2, 0.25) is 5.02 Å². The van der Waals surface area contributed by atoms with E-state index >= 15 is 0 Å². The Bertz CT molecular complexity index is 527. The largest absolute Gasteiger partial charge is 0.384 e. The average molecular weight is 316 g/mol. The van der Waals surface area contributed by atoms with Crippen molar-refractivity contribution in [2.24, 2.45) is 0 Å². The minimum Gasteiger partial charge on any atom is -0.384 e. The molecule has 0 saturated heterocycles. The van der Waals surface area contributed by atoms with Gasteiger partial charge in [-0.25, -0.2) is 4.39 Å². The molecule has 0 aliphatic carbocycles. The van der Waals surface area contributed by atoms with Gasteiger partial charge in [0.15, 0.2) is 0 Å². The maximum Gasteiger partial charge on any atom is 0.124 e. The van der Waals surface area contributed by atoms with Crippen LogP contribution in [-0.2, 0) is 0 Å². The van der Waals surface area contributed by atoms with Gasteiger partial charge in [0.25, 0.3) is 0 Å². The van der Waals surface area contributed by atoms with Gasteiger partial charge < -0.3 is 5.11 Å². The summed E-state index contributed by atoms with van der Waals surface area (Å²) >= 11 is 9.01. The van der Waals surface area contributed by atoms with Gasteiger partial charge in [-0.05, 0) is 35.4 Å². The Hall–Kier alpha value is -0.900. The molecule has 0 amide bonds. The third kappa shape index (κ3) is 2.86. The van der Waals surface area contributed by atoms with Crippen LogP contribution in [0, 0.1) is 5.82 Å². The summed E-state index contributed by atoms with van der Waals surface area (Å²) in [5.74, 6) is -0.344. The third-order valence-electron chi connectivity index (χ3n) is 2.44. The zero-order valence-electron chi connectivity index (χ0n) is 8.70. The van der Waals surface area contributed by atoms with Crippen molar-refractivity contribution in [1.82, 2.24) is 0 Å². The van der Waals surface area contributed by atoms with E-state index in [1.165, 1.54) is 12.1 Å². The second-order valence-electron chi connectivity index (χ2n) is 3.62. The normalized spacial score (nSPS) is 12.5. The fraction of sp³-hybridized carbons (Fsp3) is 0.0769. The second-order valence-corrected chi connectivity index (χ2v) is 4.91. The maximum absolute atomic E-state index is 12.9. The highest BCUT2D eigenvalue weighted by Gasteiger charge is 2.13. The van der Waals surface area contributed by atoms with Crippen molar-refractivity contribution in [2.75, 3.05) is 0 Å². The molecule has 2 aromatic carbocycles. The number of hydrogen-bond acceptors (Lipinski definition) is 1. The molecule has 2 aromatic rings. The van der Waals surface area contributed by atoms with Crippen molar-refractivity contribution in [3.63, 3.8) is 0 Å². The number of rotatable bonds is 2. The number of benzene rings is 2. The Morgan fingerprint density at radius 1 is 1.12 bits per heavy atom. The standard InChI is InChI=1S/C13H9BrClFO/c14-12-7-10(16)5-6-11(12)13(17)8-1-3-9(15)4-2-8/h1-7,13,17H. The van der Waals surface area contributed by atoms with Crippen LogP contribution in [-0.4, -0.2) is 5.11 Å². The highest BCUT2D eigenvalue weighted by atomic mass is 79.9. The van der Waals surface area contributed by atoms with Crippen LogP contribution in [0.3, 0.4) is 0 Å². The van der Waals surface area contributed by atoms with E-state index in [9.17, 15) is 9.50 Å². The summed E-state index contributed by atoms with van der Waals surface area (Å²) in [5, 5.41) is 10.8. The lowest BCUT2D eigenvalue weighted by molar-refractivity contribution is 0.219. The molecule has 1 unspecified atom stereocenters. The Balaban J connectivity index is 2.36. The van der Waals surface area contributed by atoms with Crippen LogP contribution in [0.25, 0.3) is 0 Å². The molecule has 1 atom stereocenters. The van der Waals surface area contributed by atoms with Gasteiger partial charge in [-0.2, -0.15) is 0 Å². The lowest BCUT2D eigenvalue weighted by Gasteiger charge is -2.13. The van der Waals surface area contributed by atoms with Crippen LogP contribution >= 0.6 is 27.5 Å². The summed E-state index contributed by atoms with van der Waals surface area (Å²) in [7, 11) is 0. The van der Waals surface area contributed by atoms with Gasteiger partial charge in [0.2, 0.25) is 0 Å². The summed E-state index contributed by atoms with van der Waals surface area (Å²) in [4.78, 5) is 0. The lowest BCUT2D eigenvalue weighted by atomic mass is 10.0. The minimum atomic E-state index is -0.803. The predicted octanol–water partition coefficient (Wildman–Crippen LogP) is 4.32. The van der Waals surface area contributed by atoms with E-state index in [0.717, 1.165) is 0 Å². The smallest absolute Gasteiger partial charge is 0.124 e. The molecule has 0 aromatic heterocycles. The Morgan fingerprint density at radius 2 is 1.76 bits per heavy atom. The molecule has 1 nitrogen and oxygen atoms in total. The molecule has 0 bridgehead atoms. The number of aliphatic hydroxyl groups is 1. The van der Waals surface area contributed by atoms with Gasteiger partial charge in [-0.1, -0.05) is 45.7 Å². The Morgan fingerprint density at radius 3 is 2.35 bits per heavy atom. The van der Waals surface area contributed by atoms with E-state index in [-0.39, 0.29) is 5.82 Å². The van der Waals surface area contributed by atoms with Gasteiger partial charge >= 0.3 is 0 Å². The second kappa shape index (κ2) is 5.17. The van der Waals surface area contributed by atoms with Crippen LogP contribution in [0.1, 0.15) is 17.2 Å². The number of halogens is 3. The lowest BCUT2D eigenvalue weighted by Crippen LogP contribution is -2.00. The van der Waals surface area contributed by atoms with Crippen molar-refractivity contribution in [3.05, 3.63) is 68.9 Å². The first-order valence-corrected chi connectivity index (χ1v) is 6.13. The molecule has 0 heterocycles. The average Bonchev–Trinajstić information content (AvgIpc) is 2.29. The van der Waals surface area contributed by atoms with E-state index in [1.54, 1.807) is 30.3 Å². The van der Waals surface area contributed by atoms with Gasteiger partial charge in [0, 0.05) is 9.50 Å². The molecule has 0 spiro atoms. The third-order valence-corrected chi connectivity index (χ3v) is 3.38. The topological polar surface area (TPSA) is 20.2 Å². The highest BCUT2D eigenvalue weighted by Crippen LogP contribution is 2.29. The first-order chi connectivity index (χ1) is 8.08. The summed E-state index contributed by atoms with van der Waals surface area (Å²) in [6, 6.07) is 11.1. The van der Waals surface area contributed by atoms with E-state index in [2.05, 4.69) is 15.9 Å². The minimum absolute atomic E-state index is 0.344. The first kappa shape index (κ1) is 12.6. The summed E-state index contributed by atoms with van der Waals surface area (Å²) in [6.07, 6.45) is -0.803.